The average Bonchev–Trinajstić information content (AvgIpc) is 2.84. The SMILES string of the molecule is Cc1noc(C)c1S(=O)(=O)Nc1ccc(NCCCN(C)C)nn1. The second kappa shape index (κ2) is 7.58. The van der Waals surface area contributed by atoms with E-state index in [4.69, 9.17) is 4.52 Å². The molecule has 132 valence electrons. The van der Waals surface area contributed by atoms with Crippen LogP contribution in [0.1, 0.15) is 17.9 Å². The van der Waals surface area contributed by atoms with Crippen molar-refractivity contribution in [1.29, 1.82) is 0 Å². The second-order valence-electron chi connectivity index (χ2n) is 5.65. The van der Waals surface area contributed by atoms with Crippen LogP contribution in [-0.2, 0) is 10.0 Å². The smallest absolute Gasteiger partial charge is 0.268 e. The van der Waals surface area contributed by atoms with Gasteiger partial charge < -0.3 is 14.7 Å². The summed E-state index contributed by atoms with van der Waals surface area (Å²) in [6, 6.07) is 3.23. The third kappa shape index (κ3) is 4.65. The summed E-state index contributed by atoms with van der Waals surface area (Å²) in [5, 5.41) is 14.6. The van der Waals surface area contributed by atoms with Crippen LogP contribution in [0.3, 0.4) is 0 Å². The van der Waals surface area contributed by atoms with Crippen LogP contribution >= 0.6 is 0 Å². The summed E-state index contributed by atoms with van der Waals surface area (Å²) in [7, 11) is 0.218. The van der Waals surface area contributed by atoms with Gasteiger partial charge in [-0.2, -0.15) is 0 Å². The summed E-state index contributed by atoms with van der Waals surface area (Å²) in [4.78, 5) is 2.12. The fourth-order valence-corrected chi connectivity index (χ4v) is 3.47. The maximum atomic E-state index is 12.4. The first-order valence-corrected chi connectivity index (χ1v) is 8.96. The summed E-state index contributed by atoms with van der Waals surface area (Å²) in [5.74, 6) is 0.954. The lowest BCUT2D eigenvalue weighted by Gasteiger charge is -2.10. The molecular formula is C14H22N6O3S. The zero-order valence-corrected chi connectivity index (χ0v) is 15.0. The first kappa shape index (κ1) is 18.1. The third-order valence-corrected chi connectivity index (χ3v) is 4.83. The summed E-state index contributed by atoms with van der Waals surface area (Å²) in [6.07, 6.45) is 0.967. The quantitative estimate of drug-likeness (QED) is 0.681. The molecule has 9 nitrogen and oxygen atoms in total. The monoisotopic (exact) mass is 354 g/mol. The van der Waals surface area contributed by atoms with E-state index in [1.807, 2.05) is 14.1 Å². The van der Waals surface area contributed by atoms with Crippen molar-refractivity contribution >= 4 is 21.7 Å². The molecule has 0 aliphatic rings. The molecule has 2 N–H and O–H groups in total. The number of aromatic nitrogens is 3. The van der Waals surface area contributed by atoms with Crippen LogP contribution in [0.15, 0.2) is 21.6 Å². The van der Waals surface area contributed by atoms with Gasteiger partial charge in [0.25, 0.3) is 10.0 Å². The highest BCUT2D eigenvalue weighted by atomic mass is 32.2. The van der Waals surface area contributed by atoms with Crippen LogP contribution in [0.4, 0.5) is 11.6 Å². The highest BCUT2D eigenvalue weighted by molar-refractivity contribution is 7.92. The Kier molecular flexibility index (Phi) is 5.73. The zero-order chi connectivity index (χ0) is 17.7. The Labute approximate surface area is 141 Å². The molecule has 0 amide bonds. The molecule has 10 heteroatoms. The fourth-order valence-electron chi connectivity index (χ4n) is 2.14. The minimum Gasteiger partial charge on any atom is -0.369 e. The normalized spacial score (nSPS) is 11.7. The highest BCUT2D eigenvalue weighted by Crippen LogP contribution is 2.21. The minimum absolute atomic E-state index is 0.0233. The van der Waals surface area contributed by atoms with Gasteiger partial charge in [0.2, 0.25) is 0 Å². The minimum atomic E-state index is -3.81. The van der Waals surface area contributed by atoms with Gasteiger partial charge >= 0.3 is 0 Å². The molecule has 0 radical (unpaired) electrons. The van der Waals surface area contributed by atoms with E-state index >= 15 is 0 Å². The van der Waals surface area contributed by atoms with Gasteiger partial charge in [-0.1, -0.05) is 5.16 Å². The summed E-state index contributed by atoms with van der Waals surface area (Å²) < 4.78 is 32.0. The van der Waals surface area contributed by atoms with E-state index in [1.54, 1.807) is 26.0 Å². The van der Waals surface area contributed by atoms with E-state index in [1.165, 1.54) is 0 Å². The third-order valence-electron chi connectivity index (χ3n) is 3.23. The topological polar surface area (TPSA) is 113 Å². The van der Waals surface area contributed by atoms with Crippen molar-refractivity contribution in [1.82, 2.24) is 20.3 Å². The van der Waals surface area contributed by atoms with Crippen LogP contribution in [0, 0.1) is 13.8 Å². The van der Waals surface area contributed by atoms with Crippen molar-refractivity contribution < 1.29 is 12.9 Å². The van der Waals surface area contributed by atoms with Crippen molar-refractivity contribution in [3.63, 3.8) is 0 Å². The molecule has 2 aromatic heterocycles. The van der Waals surface area contributed by atoms with Gasteiger partial charge in [-0.05, 0) is 53.0 Å². The Morgan fingerprint density at radius 1 is 1.17 bits per heavy atom. The number of rotatable bonds is 8. The van der Waals surface area contributed by atoms with Crippen molar-refractivity contribution in [2.75, 3.05) is 37.2 Å². The molecule has 0 unspecified atom stereocenters. The first-order chi connectivity index (χ1) is 11.3. The molecule has 0 fully saturated rings. The van der Waals surface area contributed by atoms with Crippen molar-refractivity contribution in [2.45, 2.75) is 25.2 Å². The molecule has 2 heterocycles. The molecule has 24 heavy (non-hydrogen) atoms. The Morgan fingerprint density at radius 3 is 2.38 bits per heavy atom. The number of hydrogen-bond donors (Lipinski definition) is 2. The van der Waals surface area contributed by atoms with Crippen LogP contribution in [0.2, 0.25) is 0 Å². The van der Waals surface area contributed by atoms with Crippen LogP contribution in [-0.4, -0.2) is 55.9 Å². The molecule has 2 rings (SSSR count). The van der Waals surface area contributed by atoms with E-state index < -0.39 is 10.0 Å². The predicted octanol–water partition coefficient (Wildman–Crippen LogP) is 1.25. The number of nitrogens with zero attached hydrogens (tertiary/aromatic N) is 4. The summed E-state index contributed by atoms with van der Waals surface area (Å²) >= 11 is 0. The van der Waals surface area contributed by atoms with Gasteiger partial charge in [-0.25, -0.2) is 8.42 Å². The Hall–Kier alpha value is -2.20. The molecule has 0 spiro atoms. The van der Waals surface area contributed by atoms with E-state index in [-0.39, 0.29) is 16.5 Å². The van der Waals surface area contributed by atoms with Gasteiger partial charge in [-0.15, -0.1) is 10.2 Å². The molecule has 0 atom stereocenters. The van der Waals surface area contributed by atoms with Crippen molar-refractivity contribution in [3.05, 3.63) is 23.6 Å². The van der Waals surface area contributed by atoms with Crippen LogP contribution in [0.25, 0.3) is 0 Å². The van der Waals surface area contributed by atoms with Gasteiger partial charge in [0, 0.05) is 6.54 Å². The Balaban J connectivity index is 1.99. The molecule has 2 aromatic rings. The average molecular weight is 354 g/mol. The van der Waals surface area contributed by atoms with E-state index in [0.29, 0.717) is 11.5 Å². The number of nitrogens with one attached hydrogen (secondary N) is 2. The maximum absolute atomic E-state index is 12.4. The maximum Gasteiger partial charge on any atom is 0.268 e. The highest BCUT2D eigenvalue weighted by Gasteiger charge is 2.24. The molecular weight excluding hydrogens is 332 g/mol. The zero-order valence-electron chi connectivity index (χ0n) is 14.2. The van der Waals surface area contributed by atoms with E-state index in [0.717, 1.165) is 19.5 Å². The first-order valence-electron chi connectivity index (χ1n) is 7.47. The largest absolute Gasteiger partial charge is 0.369 e. The van der Waals surface area contributed by atoms with Gasteiger partial charge in [0.1, 0.15) is 11.5 Å². The molecule has 0 saturated carbocycles. The molecule has 0 saturated heterocycles. The fraction of sp³-hybridized carbons (Fsp3) is 0.500. The number of anilines is 2. The number of sulfonamides is 1. The van der Waals surface area contributed by atoms with Crippen LogP contribution in [0.5, 0.6) is 0 Å². The lowest BCUT2D eigenvalue weighted by atomic mass is 10.4. The molecule has 0 aromatic carbocycles. The number of aryl methyl sites for hydroxylation is 2. The van der Waals surface area contributed by atoms with E-state index in [9.17, 15) is 8.42 Å². The summed E-state index contributed by atoms with van der Waals surface area (Å²) in [5.41, 5.74) is 0.298. The molecule has 0 aliphatic heterocycles. The lowest BCUT2D eigenvalue weighted by Crippen LogP contribution is -2.17. The van der Waals surface area contributed by atoms with E-state index in [2.05, 4.69) is 30.3 Å². The van der Waals surface area contributed by atoms with Crippen molar-refractivity contribution in [2.24, 2.45) is 0 Å². The van der Waals surface area contributed by atoms with Gasteiger partial charge in [-0.3, -0.25) is 4.72 Å². The van der Waals surface area contributed by atoms with Gasteiger partial charge in [0.15, 0.2) is 16.5 Å². The summed E-state index contributed by atoms with van der Waals surface area (Å²) in [6.45, 7) is 4.84. The molecule has 0 aliphatic carbocycles. The lowest BCUT2D eigenvalue weighted by molar-refractivity contribution is 0.390. The van der Waals surface area contributed by atoms with Gasteiger partial charge in [0.05, 0.1) is 0 Å². The standard InChI is InChI=1S/C14H22N6O3S/c1-10-14(11(2)23-18-10)24(21,22)19-13-7-6-12(16-17-13)15-8-5-9-20(3)4/h6-7H,5,8-9H2,1-4H3,(H,15,16)(H,17,19). The second-order valence-corrected chi connectivity index (χ2v) is 7.27. The number of hydrogen-bond acceptors (Lipinski definition) is 8. The van der Waals surface area contributed by atoms with Crippen LogP contribution < -0.4 is 10.0 Å². The predicted molar refractivity (Wildman–Crippen MR) is 90.5 cm³/mol. The Morgan fingerprint density at radius 2 is 1.83 bits per heavy atom. The van der Waals surface area contributed by atoms with Crippen molar-refractivity contribution in [3.8, 4) is 0 Å². The Bertz CT molecular complexity index is 751. The molecule has 0 bridgehead atoms.